The highest BCUT2D eigenvalue weighted by atomic mass is 16.5. The first kappa shape index (κ1) is 18.6. The Labute approximate surface area is 170 Å². The molecule has 3 fully saturated rings. The maximum Gasteiger partial charge on any atom is 0.242 e. The lowest BCUT2D eigenvalue weighted by molar-refractivity contribution is -0.137. The summed E-state index contributed by atoms with van der Waals surface area (Å²) in [6.07, 6.45) is 3.90. The van der Waals surface area contributed by atoms with Crippen molar-refractivity contribution in [2.24, 2.45) is 5.41 Å². The monoisotopic (exact) mass is 396 g/mol. The predicted molar refractivity (Wildman–Crippen MR) is 108 cm³/mol. The number of imidazole rings is 1. The quantitative estimate of drug-likeness (QED) is 0.749. The van der Waals surface area contributed by atoms with E-state index in [0.29, 0.717) is 38.7 Å². The molecule has 1 aromatic carbocycles. The largest absolute Gasteiger partial charge is 0.383 e. The Morgan fingerprint density at radius 1 is 1.24 bits per heavy atom. The minimum Gasteiger partial charge on any atom is -0.383 e. The summed E-state index contributed by atoms with van der Waals surface area (Å²) in [4.78, 5) is 34.7. The number of para-hydroxylation sites is 2. The van der Waals surface area contributed by atoms with Gasteiger partial charge in [0.05, 0.1) is 23.1 Å². The van der Waals surface area contributed by atoms with E-state index in [9.17, 15) is 9.59 Å². The van der Waals surface area contributed by atoms with Gasteiger partial charge in [-0.1, -0.05) is 12.1 Å². The van der Waals surface area contributed by atoms with Crippen LogP contribution in [0, 0.1) is 5.41 Å². The third kappa shape index (κ3) is 3.21. The second-order valence-electron chi connectivity index (χ2n) is 8.70. The van der Waals surface area contributed by atoms with Crippen LogP contribution in [0.15, 0.2) is 24.3 Å². The van der Waals surface area contributed by atoms with Crippen molar-refractivity contribution in [3.05, 3.63) is 30.1 Å². The summed E-state index contributed by atoms with van der Waals surface area (Å²) in [5, 5.41) is 0. The molecular weight excluding hydrogens is 368 g/mol. The zero-order valence-corrected chi connectivity index (χ0v) is 17.0. The third-order valence-corrected chi connectivity index (χ3v) is 6.79. The van der Waals surface area contributed by atoms with Gasteiger partial charge in [-0.2, -0.15) is 0 Å². The molecule has 1 saturated carbocycles. The highest BCUT2D eigenvalue weighted by Gasteiger charge is 2.51. The molecule has 1 atom stereocenters. The first-order valence-electron chi connectivity index (χ1n) is 10.6. The van der Waals surface area contributed by atoms with Crippen molar-refractivity contribution >= 4 is 22.8 Å². The van der Waals surface area contributed by atoms with Gasteiger partial charge in [-0.05, 0) is 37.8 Å². The van der Waals surface area contributed by atoms with Crippen molar-refractivity contribution < 1.29 is 14.3 Å². The molecule has 2 aliphatic heterocycles. The highest BCUT2D eigenvalue weighted by molar-refractivity contribution is 5.87. The zero-order valence-electron chi connectivity index (χ0n) is 17.0. The topological polar surface area (TPSA) is 67.7 Å². The summed E-state index contributed by atoms with van der Waals surface area (Å²) in [6, 6.07) is 8.04. The Hall–Kier alpha value is -2.41. The number of fused-ring (bicyclic) bond motifs is 1. The highest BCUT2D eigenvalue weighted by Crippen LogP contribution is 2.42. The van der Waals surface area contributed by atoms with Gasteiger partial charge in [0, 0.05) is 39.2 Å². The van der Waals surface area contributed by atoms with Crippen LogP contribution >= 0.6 is 0 Å². The van der Waals surface area contributed by atoms with Crippen LogP contribution in [-0.2, 0) is 20.9 Å². The van der Waals surface area contributed by atoms with Crippen LogP contribution in [0.3, 0.4) is 0 Å². The zero-order chi connectivity index (χ0) is 20.0. The summed E-state index contributed by atoms with van der Waals surface area (Å²) in [7, 11) is 1.65. The normalized spacial score (nSPS) is 24.4. The lowest BCUT2D eigenvalue weighted by Crippen LogP contribution is -2.40. The predicted octanol–water partition coefficient (Wildman–Crippen LogP) is 2.01. The number of amides is 2. The first-order valence-corrected chi connectivity index (χ1v) is 10.6. The van der Waals surface area contributed by atoms with Crippen molar-refractivity contribution in [3.63, 3.8) is 0 Å². The van der Waals surface area contributed by atoms with Crippen LogP contribution in [0.2, 0.25) is 0 Å². The van der Waals surface area contributed by atoms with E-state index in [4.69, 9.17) is 9.72 Å². The number of rotatable bonds is 6. The molecule has 154 valence electrons. The molecule has 0 N–H and O–H groups in total. The number of carbonyl (C=O) groups is 2. The summed E-state index contributed by atoms with van der Waals surface area (Å²) in [6.45, 7) is 3.47. The maximum absolute atomic E-state index is 13.2. The minimum absolute atomic E-state index is 0.0927. The molecule has 7 nitrogen and oxygen atoms in total. The number of hydrogen-bond acceptors (Lipinski definition) is 4. The average molecular weight is 396 g/mol. The fourth-order valence-electron chi connectivity index (χ4n) is 4.92. The Morgan fingerprint density at radius 3 is 2.83 bits per heavy atom. The number of methoxy groups -OCH3 is 1. The van der Waals surface area contributed by atoms with Gasteiger partial charge < -0.3 is 19.1 Å². The first-order chi connectivity index (χ1) is 14.1. The van der Waals surface area contributed by atoms with Gasteiger partial charge in [0.2, 0.25) is 11.8 Å². The van der Waals surface area contributed by atoms with Crippen molar-refractivity contribution in [1.82, 2.24) is 19.4 Å². The van der Waals surface area contributed by atoms with Gasteiger partial charge in [0.1, 0.15) is 12.4 Å². The summed E-state index contributed by atoms with van der Waals surface area (Å²) >= 11 is 0. The Morgan fingerprint density at radius 2 is 2.03 bits per heavy atom. The SMILES string of the molecule is COCCN1CCC2(CCN(C(=O)Cn3c(C4CC4)nc4ccccc43)C2)C1=O. The van der Waals surface area contributed by atoms with Gasteiger partial charge in [-0.25, -0.2) is 4.98 Å². The van der Waals surface area contributed by atoms with Crippen LogP contribution in [0.4, 0.5) is 0 Å². The van der Waals surface area contributed by atoms with E-state index >= 15 is 0 Å². The minimum atomic E-state index is -0.389. The standard InChI is InChI=1S/C22H28N4O3/c1-29-13-12-24-10-8-22(21(24)28)9-11-25(15-22)19(27)14-26-18-5-3-2-4-17(18)23-20(26)16-6-7-16/h2-5,16H,6-15H2,1H3. The van der Waals surface area contributed by atoms with Crippen molar-refractivity contribution in [1.29, 1.82) is 0 Å². The molecule has 2 aromatic rings. The lowest BCUT2D eigenvalue weighted by Gasteiger charge is -2.24. The number of ether oxygens (including phenoxy) is 1. The maximum atomic E-state index is 13.2. The van der Waals surface area contributed by atoms with Crippen LogP contribution in [-0.4, -0.2) is 71.1 Å². The van der Waals surface area contributed by atoms with Crippen molar-refractivity contribution in [2.45, 2.75) is 38.1 Å². The van der Waals surface area contributed by atoms with Crippen molar-refractivity contribution in [3.8, 4) is 0 Å². The van der Waals surface area contributed by atoms with Gasteiger partial charge >= 0.3 is 0 Å². The molecule has 1 spiro atoms. The molecule has 7 heteroatoms. The average Bonchev–Trinajstić information content (AvgIpc) is 3.28. The molecule has 1 unspecified atom stereocenters. The number of hydrogen-bond donors (Lipinski definition) is 0. The summed E-state index contributed by atoms with van der Waals surface area (Å²) < 4.78 is 7.22. The van der Waals surface area contributed by atoms with Crippen LogP contribution < -0.4 is 0 Å². The Kier molecular flexibility index (Phi) is 4.57. The van der Waals surface area contributed by atoms with Gasteiger partial charge in [-0.3, -0.25) is 9.59 Å². The van der Waals surface area contributed by atoms with Crippen LogP contribution in [0.1, 0.15) is 37.4 Å². The van der Waals surface area contributed by atoms with E-state index in [1.807, 2.05) is 34.1 Å². The summed E-state index contributed by atoms with van der Waals surface area (Å²) in [5.74, 6) is 1.80. The van der Waals surface area contributed by atoms with Gasteiger partial charge in [0.25, 0.3) is 0 Å². The number of nitrogens with zero attached hydrogens (tertiary/aromatic N) is 4. The molecule has 2 saturated heterocycles. The fourth-order valence-corrected chi connectivity index (χ4v) is 4.92. The smallest absolute Gasteiger partial charge is 0.242 e. The molecule has 29 heavy (non-hydrogen) atoms. The lowest BCUT2D eigenvalue weighted by atomic mass is 9.85. The van der Waals surface area contributed by atoms with Crippen LogP contribution in [0.25, 0.3) is 11.0 Å². The number of aromatic nitrogens is 2. The van der Waals surface area contributed by atoms with Crippen LogP contribution in [0.5, 0.6) is 0 Å². The number of likely N-dealkylation sites (tertiary alicyclic amines) is 2. The van der Waals surface area contributed by atoms with E-state index in [-0.39, 0.29) is 17.2 Å². The number of benzene rings is 1. The molecule has 0 bridgehead atoms. The molecular formula is C22H28N4O3. The van der Waals surface area contributed by atoms with Gasteiger partial charge in [0.15, 0.2) is 0 Å². The van der Waals surface area contributed by atoms with E-state index in [0.717, 1.165) is 49.1 Å². The second-order valence-corrected chi connectivity index (χ2v) is 8.70. The molecule has 3 aliphatic rings. The van der Waals surface area contributed by atoms with E-state index in [1.165, 1.54) is 0 Å². The molecule has 1 aliphatic carbocycles. The van der Waals surface area contributed by atoms with E-state index in [1.54, 1.807) is 7.11 Å². The third-order valence-electron chi connectivity index (χ3n) is 6.79. The van der Waals surface area contributed by atoms with Gasteiger partial charge in [-0.15, -0.1) is 0 Å². The van der Waals surface area contributed by atoms with E-state index < -0.39 is 0 Å². The second kappa shape index (κ2) is 7.13. The Bertz CT molecular complexity index is 951. The molecule has 2 amide bonds. The van der Waals surface area contributed by atoms with Crippen molar-refractivity contribution in [2.75, 3.05) is 39.9 Å². The molecule has 1 aromatic heterocycles. The summed E-state index contributed by atoms with van der Waals surface area (Å²) in [5.41, 5.74) is 1.60. The molecule has 5 rings (SSSR count). The number of carbonyl (C=O) groups excluding carboxylic acids is 2. The fraction of sp³-hybridized carbons (Fsp3) is 0.591. The van der Waals surface area contributed by atoms with E-state index in [2.05, 4.69) is 4.57 Å². The molecule has 0 radical (unpaired) electrons. The molecule has 3 heterocycles. The Balaban J connectivity index is 1.31.